The third kappa shape index (κ3) is 15.0. The van der Waals surface area contributed by atoms with Crippen molar-refractivity contribution in [2.24, 2.45) is 0 Å². The first-order chi connectivity index (χ1) is 0. The fraction of sp³-hybridized carbons (Fsp3) is 0. The molecule has 3 nitrogen and oxygen atoms in total. The Morgan fingerprint density at radius 3 is 0.500 bits per heavy atom. The van der Waals surface area contributed by atoms with Crippen LogP contribution in [0.5, 0.6) is 0 Å². The number of hydrogen-bond donors (Lipinski definition) is 0. The summed E-state index contributed by atoms with van der Waals surface area (Å²) in [6.07, 6.45) is 0. The van der Waals surface area contributed by atoms with Crippen molar-refractivity contribution in [2.45, 2.75) is 0 Å². The molecule has 0 aromatic carbocycles. The van der Waals surface area contributed by atoms with Crippen molar-refractivity contribution in [3.63, 3.8) is 0 Å². The molecule has 0 spiro atoms. The first-order valence-electron chi connectivity index (χ1n) is 0. The van der Waals surface area contributed by atoms with Crippen LogP contribution in [0.4, 0.5) is 0 Å². The third-order valence-electron chi connectivity index (χ3n) is 0. The van der Waals surface area contributed by atoms with Crippen molar-refractivity contribution in [3.05, 3.63) is 18.5 Å². The summed E-state index contributed by atoms with van der Waals surface area (Å²) in [6.45, 7) is 0. The molecule has 6 N–H and O–H groups in total. The minimum absolute atomic E-state index is 0. The van der Waals surface area contributed by atoms with Crippen LogP contribution in [0.3, 0.4) is 0 Å². The number of rotatable bonds is 0. The van der Waals surface area contributed by atoms with Crippen LogP contribution < -0.4 is 0 Å². The van der Waals surface area contributed by atoms with E-state index in [2.05, 4.69) is 0 Å². The Bertz CT molecular complexity index is 3.25. The molecule has 0 bridgehead atoms. The largest absolute Gasteiger partial charge is 3.00 e. The van der Waals surface area contributed by atoms with E-state index in [0.717, 1.165) is 0 Å². The maximum atomic E-state index is 0. The van der Waals surface area contributed by atoms with Crippen LogP contribution in [-0.2, 0) is 0 Å². The molecule has 0 amide bonds. The smallest absolute Gasteiger partial charge is 0.693 e. The Morgan fingerprint density at radius 1 is 0.500 bits per heavy atom. The average Bonchev–Trinajstić information content (AvgIpc) is 0. The fourth-order valence-corrected chi connectivity index (χ4v) is 0. The van der Waals surface area contributed by atoms with Crippen LogP contribution in [0.2, 0.25) is 0 Å². The Labute approximate surface area is 44.7 Å². The van der Waals surface area contributed by atoms with Crippen LogP contribution in [-0.4, -0.2) is 25.8 Å². The molecule has 0 unspecified atom stereocenters. The van der Waals surface area contributed by atoms with E-state index in [0.29, 0.717) is 0 Å². The predicted octanol–water partition coefficient (Wildman–Crippen LogP) is 1.77. The van der Waals surface area contributed by atoms with Crippen LogP contribution in [0.25, 0.3) is 18.5 Å². The van der Waals surface area contributed by atoms with Crippen molar-refractivity contribution in [1.29, 1.82) is 0 Å². The van der Waals surface area contributed by atoms with E-state index in [1.165, 1.54) is 0 Å². The van der Waals surface area contributed by atoms with Gasteiger partial charge in [-0.25, -0.2) is 0 Å². The molecule has 0 heterocycles. The molecule has 0 fully saturated rings. The molecule has 0 aromatic rings. The van der Waals surface area contributed by atoms with E-state index in [1.807, 2.05) is 0 Å². The summed E-state index contributed by atoms with van der Waals surface area (Å²) in [6, 6.07) is 0. The van der Waals surface area contributed by atoms with Crippen LogP contribution >= 0.6 is 0 Å². The van der Waals surface area contributed by atoms with Gasteiger partial charge in [0.15, 0.2) is 0 Å². The van der Waals surface area contributed by atoms with Gasteiger partial charge in [0.05, 0.1) is 0 Å². The molecule has 0 aliphatic heterocycles. The second kappa shape index (κ2) is 50.4. The summed E-state index contributed by atoms with van der Waals surface area (Å²) in [5.41, 5.74) is 0. The summed E-state index contributed by atoms with van der Waals surface area (Å²) < 4.78 is 0. The maximum Gasteiger partial charge on any atom is 3.00 e. The summed E-state index contributed by atoms with van der Waals surface area (Å²) in [7, 11) is 0. The van der Waals surface area contributed by atoms with Crippen molar-refractivity contribution >= 4 is 25.8 Å². The van der Waals surface area contributed by atoms with Gasteiger partial charge in [-0.3, -0.25) is 0 Å². The fourth-order valence-electron chi connectivity index (χ4n) is 0. The van der Waals surface area contributed by atoms with Crippen molar-refractivity contribution < 1.29 is 0 Å². The normalized spacial score (nSPS) is 0. The van der Waals surface area contributed by atoms with Crippen LogP contribution in [0.15, 0.2) is 0 Å². The molecule has 0 saturated heterocycles. The molecular weight excluding hydrogens is 157 g/mol. The van der Waals surface area contributed by atoms with Gasteiger partial charge in [-0.1, -0.05) is 0 Å². The minimum atomic E-state index is 0. The zero-order chi connectivity index (χ0) is 0. The molecule has 0 aliphatic carbocycles. The average molecular weight is 163 g/mol. The van der Waals surface area contributed by atoms with Gasteiger partial charge in [0.2, 0.25) is 0 Å². The molecular formula is H6InN3. The summed E-state index contributed by atoms with van der Waals surface area (Å²) >= 11 is 0. The zero-order valence-corrected chi connectivity index (χ0v) is 5.61. The van der Waals surface area contributed by atoms with Gasteiger partial charge in [-0.05, 0) is 0 Å². The van der Waals surface area contributed by atoms with E-state index in [9.17, 15) is 0 Å². The number of nitrogens with two attached hydrogens (primary N) is 3. The molecule has 0 atom stereocenters. The Hall–Kier alpha value is 0.750. The standard InChI is InChI=1S/In.3H2N/h;3*1H2/q+3;3*-1. The van der Waals surface area contributed by atoms with Crippen molar-refractivity contribution in [1.82, 2.24) is 0 Å². The Kier molecular flexibility index (Phi) is 1500. The van der Waals surface area contributed by atoms with Crippen molar-refractivity contribution in [2.75, 3.05) is 0 Å². The first kappa shape index (κ1) is 119. The Balaban J connectivity index is 0. The van der Waals surface area contributed by atoms with E-state index < -0.39 is 0 Å². The van der Waals surface area contributed by atoms with Crippen molar-refractivity contribution in [3.8, 4) is 0 Å². The quantitative estimate of drug-likeness (QED) is 0.519. The molecule has 4 heteroatoms. The maximum absolute atomic E-state index is 0. The minimum Gasteiger partial charge on any atom is -0.693 e. The van der Waals surface area contributed by atoms with Gasteiger partial charge >= 0.3 is 25.8 Å². The molecule has 4 heavy (non-hydrogen) atoms. The second-order valence-corrected chi connectivity index (χ2v) is 0. The topological polar surface area (TPSA) is 100 Å². The van der Waals surface area contributed by atoms with Gasteiger partial charge in [-0.15, -0.1) is 0 Å². The molecule has 0 rings (SSSR count). The monoisotopic (exact) mass is 163 g/mol. The van der Waals surface area contributed by atoms with Gasteiger partial charge in [-0.2, -0.15) is 0 Å². The molecule has 0 aromatic heterocycles. The van der Waals surface area contributed by atoms with Gasteiger partial charge in [0, 0.05) is 0 Å². The third-order valence-corrected chi connectivity index (χ3v) is 0. The van der Waals surface area contributed by atoms with Gasteiger partial charge in [0.25, 0.3) is 0 Å². The first-order valence-corrected chi connectivity index (χ1v) is 0. The van der Waals surface area contributed by atoms with E-state index >= 15 is 0 Å². The zero-order valence-electron chi connectivity index (χ0n) is 2.31. The summed E-state index contributed by atoms with van der Waals surface area (Å²) in [4.78, 5) is 0. The van der Waals surface area contributed by atoms with Gasteiger partial charge in [0.1, 0.15) is 0 Å². The predicted molar refractivity (Wildman–Crippen MR) is 21.6 cm³/mol. The summed E-state index contributed by atoms with van der Waals surface area (Å²) in [5.74, 6) is 0. The van der Waals surface area contributed by atoms with E-state index in [4.69, 9.17) is 0 Å². The molecule has 0 saturated carbocycles. The molecule has 0 aliphatic rings. The molecule has 24 valence electrons. The van der Waals surface area contributed by atoms with Gasteiger partial charge < -0.3 is 18.5 Å². The van der Waals surface area contributed by atoms with Crippen LogP contribution in [0.1, 0.15) is 0 Å². The van der Waals surface area contributed by atoms with E-state index in [1.54, 1.807) is 0 Å². The summed E-state index contributed by atoms with van der Waals surface area (Å²) in [5, 5.41) is 0. The van der Waals surface area contributed by atoms with E-state index in [-0.39, 0.29) is 44.3 Å². The second-order valence-electron chi connectivity index (χ2n) is 0. The Morgan fingerprint density at radius 2 is 0.500 bits per heavy atom. The SMILES string of the molecule is [In+3].[NH2-].[NH2-].[NH2-]. The van der Waals surface area contributed by atoms with Crippen LogP contribution in [0, 0.1) is 0 Å². The number of hydrogen-bond acceptors (Lipinski definition) is 0. The molecule has 0 radical (unpaired) electrons.